The van der Waals surface area contributed by atoms with Crippen molar-refractivity contribution in [2.75, 3.05) is 19.6 Å². The Morgan fingerprint density at radius 2 is 2.00 bits per heavy atom. The first-order valence-electron chi connectivity index (χ1n) is 7.26. The van der Waals surface area contributed by atoms with Gasteiger partial charge in [0.1, 0.15) is 0 Å². The highest BCUT2D eigenvalue weighted by atomic mass is 15.3. The van der Waals surface area contributed by atoms with Crippen LogP contribution in [0, 0.1) is 0 Å². The second kappa shape index (κ2) is 5.50. The summed E-state index contributed by atoms with van der Waals surface area (Å²) < 4.78 is 0. The van der Waals surface area contributed by atoms with Crippen molar-refractivity contribution in [3.05, 3.63) is 0 Å². The standard InChI is InChI=1S/C14H28N2/c1-3-7-13(2)16-11-10-15-12-14(16)8-5-4-6-9-14/h13,15H,3-12H2,1-2H3. The monoisotopic (exact) mass is 224 g/mol. The lowest BCUT2D eigenvalue weighted by atomic mass is 9.78. The van der Waals surface area contributed by atoms with E-state index in [-0.39, 0.29) is 0 Å². The molecular formula is C14H28N2. The van der Waals surface area contributed by atoms with E-state index in [1.165, 1.54) is 64.6 Å². The lowest BCUT2D eigenvalue weighted by Gasteiger charge is -2.52. The average Bonchev–Trinajstić information content (AvgIpc) is 2.31. The van der Waals surface area contributed by atoms with Crippen molar-refractivity contribution in [2.45, 2.75) is 70.4 Å². The lowest BCUT2D eigenvalue weighted by molar-refractivity contribution is -0.00444. The molecule has 1 aliphatic carbocycles. The van der Waals surface area contributed by atoms with Crippen molar-refractivity contribution in [3.63, 3.8) is 0 Å². The third-order valence-electron chi connectivity index (χ3n) is 4.62. The van der Waals surface area contributed by atoms with E-state index in [0.29, 0.717) is 5.54 Å². The lowest BCUT2D eigenvalue weighted by Crippen LogP contribution is -2.64. The van der Waals surface area contributed by atoms with E-state index in [4.69, 9.17) is 0 Å². The fourth-order valence-electron chi connectivity index (χ4n) is 3.79. The van der Waals surface area contributed by atoms with Gasteiger partial charge in [-0.1, -0.05) is 32.6 Å². The minimum absolute atomic E-state index is 0.519. The Morgan fingerprint density at radius 3 is 2.69 bits per heavy atom. The van der Waals surface area contributed by atoms with Gasteiger partial charge in [0.25, 0.3) is 0 Å². The summed E-state index contributed by atoms with van der Waals surface area (Å²) >= 11 is 0. The number of piperazine rings is 1. The number of hydrogen-bond acceptors (Lipinski definition) is 2. The van der Waals surface area contributed by atoms with Crippen LogP contribution < -0.4 is 5.32 Å². The highest BCUT2D eigenvalue weighted by Crippen LogP contribution is 2.36. The molecule has 1 saturated heterocycles. The van der Waals surface area contributed by atoms with Gasteiger partial charge in [0.2, 0.25) is 0 Å². The Balaban J connectivity index is 2.06. The molecule has 1 atom stereocenters. The molecule has 0 aromatic heterocycles. The van der Waals surface area contributed by atoms with E-state index in [9.17, 15) is 0 Å². The van der Waals surface area contributed by atoms with Gasteiger partial charge in [0.15, 0.2) is 0 Å². The smallest absolute Gasteiger partial charge is 0.0337 e. The van der Waals surface area contributed by atoms with Gasteiger partial charge < -0.3 is 5.32 Å². The third kappa shape index (κ3) is 2.43. The summed E-state index contributed by atoms with van der Waals surface area (Å²) in [6.45, 7) is 8.44. The summed E-state index contributed by atoms with van der Waals surface area (Å²) in [7, 11) is 0. The second-order valence-corrected chi connectivity index (χ2v) is 5.79. The molecule has 94 valence electrons. The molecule has 2 heteroatoms. The molecule has 2 rings (SSSR count). The van der Waals surface area contributed by atoms with E-state index in [2.05, 4.69) is 24.1 Å². The highest BCUT2D eigenvalue weighted by molar-refractivity contribution is 4.99. The van der Waals surface area contributed by atoms with Crippen LogP contribution in [0.3, 0.4) is 0 Å². The Labute approximate surface area is 101 Å². The van der Waals surface area contributed by atoms with Crippen LogP contribution in [0.2, 0.25) is 0 Å². The first-order chi connectivity index (χ1) is 7.78. The molecule has 1 aliphatic heterocycles. The van der Waals surface area contributed by atoms with Gasteiger partial charge in [0.05, 0.1) is 0 Å². The SMILES string of the molecule is CCCC(C)N1CCNCC12CCCCC2. The Kier molecular flexibility index (Phi) is 4.26. The number of nitrogens with zero attached hydrogens (tertiary/aromatic N) is 1. The summed E-state index contributed by atoms with van der Waals surface area (Å²) in [5.74, 6) is 0. The number of rotatable bonds is 3. The van der Waals surface area contributed by atoms with Crippen molar-refractivity contribution in [2.24, 2.45) is 0 Å². The Morgan fingerprint density at radius 1 is 1.25 bits per heavy atom. The van der Waals surface area contributed by atoms with E-state index in [0.717, 1.165) is 6.04 Å². The Hall–Kier alpha value is -0.0800. The quantitative estimate of drug-likeness (QED) is 0.793. The zero-order chi connectivity index (χ0) is 11.4. The number of hydrogen-bond donors (Lipinski definition) is 1. The van der Waals surface area contributed by atoms with Gasteiger partial charge in [0, 0.05) is 31.2 Å². The summed E-state index contributed by atoms with van der Waals surface area (Å²) in [4.78, 5) is 2.84. The minimum Gasteiger partial charge on any atom is -0.314 e. The largest absolute Gasteiger partial charge is 0.314 e. The molecule has 0 aromatic rings. The minimum atomic E-state index is 0.519. The topological polar surface area (TPSA) is 15.3 Å². The van der Waals surface area contributed by atoms with E-state index in [1.54, 1.807) is 0 Å². The van der Waals surface area contributed by atoms with Crippen molar-refractivity contribution in [1.82, 2.24) is 10.2 Å². The second-order valence-electron chi connectivity index (χ2n) is 5.79. The maximum Gasteiger partial charge on any atom is 0.0337 e. The fourth-order valence-corrected chi connectivity index (χ4v) is 3.79. The first kappa shape index (κ1) is 12.4. The van der Waals surface area contributed by atoms with Crippen LogP contribution in [-0.2, 0) is 0 Å². The molecule has 16 heavy (non-hydrogen) atoms. The molecule has 2 nitrogen and oxygen atoms in total. The van der Waals surface area contributed by atoms with Gasteiger partial charge in [-0.3, -0.25) is 4.90 Å². The van der Waals surface area contributed by atoms with Crippen LogP contribution in [0.25, 0.3) is 0 Å². The van der Waals surface area contributed by atoms with E-state index >= 15 is 0 Å². The first-order valence-corrected chi connectivity index (χ1v) is 7.26. The summed E-state index contributed by atoms with van der Waals surface area (Å²) in [5, 5.41) is 3.63. The van der Waals surface area contributed by atoms with Gasteiger partial charge in [-0.2, -0.15) is 0 Å². The molecule has 0 amide bonds. The molecular weight excluding hydrogens is 196 g/mol. The van der Waals surface area contributed by atoms with Crippen LogP contribution >= 0.6 is 0 Å². The van der Waals surface area contributed by atoms with Crippen molar-refractivity contribution in [1.29, 1.82) is 0 Å². The summed E-state index contributed by atoms with van der Waals surface area (Å²) in [6, 6.07) is 0.783. The predicted octanol–water partition coefficient (Wildman–Crippen LogP) is 2.78. The molecule has 2 aliphatic rings. The van der Waals surface area contributed by atoms with Crippen LogP contribution in [0.4, 0.5) is 0 Å². The molecule has 1 saturated carbocycles. The van der Waals surface area contributed by atoms with Crippen LogP contribution in [0.5, 0.6) is 0 Å². The van der Waals surface area contributed by atoms with E-state index < -0.39 is 0 Å². The molecule has 0 bridgehead atoms. The van der Waals surface area contributed by atoms with Crippen LogP contribution in [-0.4, -0.2) is 36.1 Å². The van der Waals surface area contributed by atoms with Gasteiger partial charge in [-0.15, -0.1) is 0 Å². The summed E-state index contributed by atoms with van der Waals surface area (Å²) in [5.41, 5.74) is 0.519. The number of nitrogens with one attached hydrogen (secondary N) is 1. The molecule has 2 fully saturated rings. The maximum absolute atomic E-state index is 3.63. The molecule has 1 N–H and O–H groups in total. The highest BCUT2D eigenvalue weighted by Gasteiger charge is 2.41. The average molecular weight is 224 g/mol. The third-order valence-corrected chi connectivity index (χ3v) is 4.62. The zero-order valence-electron chi connectivity index (χ0n) is 11.1. The molecule has 1 heterocycles. The Bertz CT molecular complexity index is 201. The van der Waals surface area contributed by atoms with Crippen LogP contribution in [0.15, 0.2) is 0 Å². The predicted molar refractivity (Wildman–Crippen MR) is 69.8 cm³/mol. The van der Waals surface area contributed by atoms with Crippen molar-refractivity contribution in [3.8, 4) is 0 Å². The molecule has 1 spiro atoms. The van der Waals surface area contributed by atoms with Crippen molar-refractivity contribution < 1.29 is 0 Å². The van der Waals surface area contributed by atoms with Crippen molar-refractivity contribution >= 4 is 0 Å². The van der Waals surface area contributed by atoms with Gasteiger partial charge in [-0.25, -0.2) is 0 Å². The molecule has 1 unspecified atom stereocenters. The summed E-state index contributed by atoms with van der Waals surface area (Å²) in [6.07, 6.45) is 9.87. The maximum atomic E-state index is 3.63. The molecule has 0 radical (unpaired) electrons. The van der Waals surface area contributed by atoms with Crippen LogP contribution in [0.1, 0.15) is 58.8 Å². The van der Waals surface area contributed by atoms with Gasteiger partial charge in [-0.05, 0) is 26.2 Å². The normalized spacial score (nSPS) is 28.1. The van der Waals surface area contributed by atoms with E-state index in [1.807, 2.05) is 0 Å². The zero-order valence-corrected chi connectivity index (χ0v) is 11.1. The van der Waals surface area contributed by atoms with Gasteiger partial charge >= 0.3 is 0 Å². The fraction of sp³-hybridized carbons (Fsp3) is 1.00. The molecule has 0 aromatic carbocycles.